The molecule has 0 fully saturated rings. The predicted octanol–water partition coefficient (Wildman–Crippen LogP) is 7.15. The van der Waals surface area contributed by atoms with Crippen LogP contribution in [0.15, 0.2) is 24.3 Å². The van der Waals surface area contributed by atoms with Crippen LogP contribution in [0.25, 0.3) is 0 Å². The van der Waals surface area contributed by atoms with E-state index in [0.29, 0.717) is 0 Å². The van der Waals surface area contributed by atoms with E-state index < -0.39 is 0 Å². The third kappa shape index (κ3) is 3.72. The van der Waals surface area contributed by atoms with Crippen LogP contribution in [0.3, 0.4) is 0 Å². The summed E-state index contributed by atoms with van der Waals surface area (Å²) in [6.45, 7) is 0. The van der Waals surface area contributed by atoms with Crippen LogP contribution in [-0.2, 0) is 47.0 Å². The van der Waals surface area contributed by atoms with Crippen molar-refractivity contribution in [3.05, 3.63) is 68.8 Å². The van der Waals surface area contributed by atoms with E-state index in [2.05, 4.69) is 88.0 Å². The number of halogens is 4. The first-order valence-electron chi connectivity index (χ1n) is 8.22. The predicted molar refractivity (Wildman–Crippen MR) is 118 cm³/mol. The Labute approximate surface area is 178 Å². The van der Waals surface area contributed by atoms with E-state index in [-0.39, 0.29) is 0 Å². The number of alkyl halides is 4. The summed E-state index contributed by atoms with van der Waals surface area (Å²) in [6, 6.07) is 9.41. The summed E-state index contributed by atoms with van der Waals surface area (Å²) in [7, 11) is 0. The standard InChI is InChI=1S/C20H20Br4/c21-9-17-13-1-2-14(18(17)10-22)7-8-16-4-3-15(6-5-13)19(11-23)20(16)12-24/h1-4H,5-12H2. The van der Waals surface area contributed by atoms with Gasteiger partial charge in [-0.05, 0) is 70.2 Å². The van der Waals surface area contributed by atoms with Crippen LogP contribution in [0, 0.1) is 0 Å². The van der Waals surface area contributed by atoms with Crippen molar-refractivity contribution in [1.29, 1.82) is 0 Å². The molecule has 4 aliphatic carbocycles. The fraction of sp³-hybridized carbons (Fsp3) is 0.400. The van der Waals surface area contributed by atoms with Crippen molar-refractivity contribution in [3.63, 3.8) is 0 Å². The van der Waals surface area contributed by atoms with Crippen LogP contribution >= 0.6 is 63.7 Å². The zero-order valence-corrected chi connectivity index (χ0v) is 19.8. The molecule has 0 nitrogen and oxygen atoms in total. The molecule has 0 spiro atoms. The summed E-state index contributed by atoms with van der Waals surface area (Å²) >= 11 is 14.9. The van der Waals surface area contributed by atoms with Crippen molar-refractivity contribution in [1.82, 2.24) is 0 Å². The molecule has 0 N–H and O–H groups in total. The second kappa shape index (κ2) is 8.83. The maximum Gasteiger partial charge on any atom is 0.0288 e. The third-order valence-electron chi connectivity index (χ3n) is 5.11. The maximum atomic E-state index is 3.73. The second-order valence-corrected chi connectivity index (χ2v) is 8.46. The quantitative estimate of drug-likeness (QED) is 0.338. The highest BCUT2D eigenvalue weighted by Crippen LogP contribution is 2.31. The molecule has 0 atom stereocenters. The van der Waals surface area contributed by atoms with Crippen LogP contribution in [-0.4, -0.2) is 0 Å². The zero-order valence-electron chi connectivity index (χ0n) is 13.5. The number of rotatable bonds is 4. The van der Waals surface area contributed by atoms with Crippen molar-refractivity contribution in [2.45, 2.75) is 47.0 Å². The summed E-state index contributed by atoms with van der Waals surface area (Å²) in [5, 5.41) is 3.75. The van der Waals surface area contributed by atoms with E-state index in [1.165, 1.54) is 44.5 Å². The van der Waals surface area contributed by atoms with Gasteiger partial charge in [0, 0.05) is 21.3 Å². The third-order valence-corrected chi connectivity index (χ3v) is 7.36. The molecule has 0 aliphatic heterocycles. The Bertz CT molecular complexity index is 611. The molecule has 0 radical (unpaired) electrons. The molecular weight excluding hydrogens is 560 g/mol. The van der Waals surface area contributed by atoms with Crippen molar-refractivity contribution in [2.75, 3.05) is 0 Å². The van der Waals surface area contributed by atoms with Gasteiger partial charge in [-0.3, -0.25) is 0 Å². The topological polar surface area (TPSA) is 0 Å². The Kier molecular flexibility index (Phi) is 7.04. The van der Waals surface area contributed by atoms with Gasteiger partial charge in [0.05, 0.1) is 0 Å². The lowest BCUT2D eigenvalue weighted by Gasteiger charge is -2.21. The summed E-state index contributed by atoms with van der Waals surface area (Å²) < 4.78 is 0. The molecule has 6 rings (SSSR count). The van der Waals surface area contributed by atoms with Crippen LogP contribution in [0.4, 0.5) is 0 Å². The summed E-state index contributed by atoms with van der Waals surface area (Å²) in [4.78, 5) is 0. The maximum absolute atomic E-state index is 3.73. The molecular formula is C20H20Br4. The highest BCUT2D eigenvalue weighted by molar-refractivity contribution is 9.09. The number of hydrogen-bond acceptors (Lipinski definition) is 0. The van der Waals surface area contributed by atoms with Gasteiger partial charge in [0.1, 0.15) is 0 Å². The van der Waals surface area contributed by atoms with Gasteiger partial charge in [0.25, 0.3) is 0 Å². The van der Waals surface area contributed by atoms with Crippen LogP contribution in [0.5, 0.6) is 0 Å². The number of benzene rings is 2. The molecule has 2 aromatic rings. The second-order valence-electron chi connectivity index (χ2n) is 6.22. The lowest BCUT2D eigenvalue weighted by atomic mass is 9.87. The molecule has 4 heteroatoms. The largest absolute Gasteiger partial charge is 0.0876 e. The zero-order chi connectivity index (χ0) is 17.1. The van der Waals surface area contributed by atoms with Gasteiger partial charge in [-0.1, -0.05) is 88.0 Å². The molecule has 24 heavy (non-hydrogen) atoms. The Hall–Kier alpha value is 0.360. The Morgan fingerprint density at radius 2 is 0.667 bits per heavy atom. The fourth-order valence-electron chi connectivity index (χ4n) is 3.72. The smallest absolute Gasteiger partial charge is 0.0288 e. The van der Waals surface area contributed by atoms with Crippen LogP contribution in [0.2, 0.25) is 0 Å². The van der Waals surface area contributed by atoms with E-state index in [9.17, 15) is 0 Å². The summed E-state index contributed by atoms with van der Waals surface area (Å²) in [6.07, 6.45) is 4.40. The molecule has 128 valence electrons. The molecule has 0 unspecified atom stereocenters. The van der Waals surface area contributed by atoms with E-state index in [1.54, 1.807) is 0 Å². The molecule has 0 aromatic heterocycles. The van der Waals surface area contributed by atoms with Crippen molar-refractivity contribution >= 4 is 63.7 Å². The van der Waals surface area contributed by atoms with Gasteiger partial charge in [-0.25, -0.2) is 0 Å². The average Bonchev–Trinajstić information content (AvgIpc) is 2.61. The average molecular weight is 580 g/mol. The van der Waals surface area contributed by atoms with Crippen LogP contribution in [0.1, 0.15) is 44.5 Å². The molecule has 4 bridgehead atoms. The van der Waals surface area contributed by atoms with E-state index >= 15 is 0 Å². The fourth-order valence-corrected chi connectivity index (χ4v) is 6.52. The van der Waals surface area contributed by atoms with Gasteiger partial charge < -0.3 is 0 Å². The van der Waals surface area contributed by atoms with Crippen LogP contribution < -0.4 is 0 Å². The van der Waals surface area contributed by atoms with Gasteiger partial charge in [-0.15, -0.1) is 0 Å². The van der Waals surface area contributed by atoms with Gasteiger partial charge in [-0.2, -0.15) is 0 Å². The number of aryl methyl sites for hydroxylation is 4. The first kappa shape index (κ1) is 19.1. The van der Waals surface area contributed by atoms with E-state index in [1.807, 2.05) is 0 Å². The van der Waals surface area contributed by atoms with Crippen molar-refractivity contribution in [3.8, 4) is 0 Å². The lowest BCUT2D eigenvalue weighted by Crippen LogP contribution is -2.09. The normalized spacial score (nSPS) is 13.8. The molecule has 4 aliphatic rings. The monoisotopic (exact) mass is 576 g/mol. The molecule has 0 saturated heterocycles. The highest BCUT2D eigenvalue weighted by Gasteiger charge is 2.17. The lowest BCUT2D eigenvalue weighted by molar-refractivity contribution is 0.880. The van der Waals surface area contributed by atoms with Gasteiger partial charge in [0.2, 0.25) is 0 Å². The minimum Gasteiger partial charge on any atom is -0.0876 e. The Morgan fingerprint density at radius 3 is 0.833 bits per heavy atom. The SMILES string of the molecule is BrCc1c2ccc(c1CBr)CCc1ccc(c(CBr)c1CBr)CC2. The minimum absolute atomic E-state index is 0.937. The first-order chi connectivity index (χ1) is 11.7. The molecule has 0 saturated carbocycles. The van der Waals surface area contributed by atoms with E-state index in [4.69, 9.17) is 0 Å². The Morgan fingerprint density at radius 1 is 0.458 bits per heavy atom. The number of hydrogen-bond donors (Lipinski definition) is 0. The molecule has 0 heterocycles. The highest BCUT2D eigenvalue weighted by atomic mass is 79.9. The first-order valence-corrected chi connectivity index (χ1v) is 12.7. The summed E-state index contributed by atoms with van der Waals surface area (Å²) in [5.41, 5.74) is 11.9. The van der Waals surface area contributed by atoms with Crippen molar-refractivity contribution in [2.24, 2.45) is 0 Å². The molecule has 2 aromatic carbocycles. The van der Waals surface area contributed by atoms with Crippen molar-refractivity contribution < 1.29 is 0 Å². The van der Waals surface area contributed by atoms with E-state index in [0.717, 1.165) is 47.0 Å². The minimum atomic E-state index is 0.937. The summed E-state index contributed by atoms with van der Waals surface area (Å²) in [5.74, 6) is 0. The van der Waals surface area contributed by atoms with Gasteiger partial charge >= 0.3 is 0 Å². The van der Waals surface area contributed by atoms with Gasteiger partial charge in [0.15, 0.2) is 0 Å². The Balaban J connectivity index is 2.13. The molecule has 0 amide bonds.